The molecule has 17 N–H and O–H groups in total. The first-order chi connectivity index (χ1) is 28.2. The van der Waals surface area contributed by atoms with Crippen LogP contribution in [0.1, 0.15) is 87.0 Å². The standard InChI is InChI=1S/C38H73N13O9/c1-21(2)16-29(38(60)49-28(10-8-9-11-39)36(58)46-22(3)26(7)52)50-35(57)25(6)47-33(55)24(5)48-37(59)30(18-31(42)53)51-34(56)23(4)45-32(54)17-27(19-43-14-12-40)20-44-15-13-41/h21-25,27-30,43-44H,8-20,39-41H2,1-7H3,(H2,42,53)(H,45,54)(H,46,58)(H,47,55)(H,48,59)(H,49,60)(H,50,57)(H,51,56)/t22-,23-,24-,25-,28-,29-,30-/m0/s1. The Morgan fingerprint density at radius 2 is 0.917 bits per heavy atom. The number of nitrogens with one attached hydrogen (secondary N) is 9. The van der Waals surface area contributed by atoms with Gasteiger partial charge in [-0.25, -0.2) is 0 Å². The Labute approximate surface area is 353 Å². The molecule has 7 atom stereocenters. The van der Waals surface area contributed by atoms with Crippen LogP contribution in [0.2, 0.25) is 0 Å². The lowest BCUT2D eigenvalue weighted by Gasteiger charge is -2.26. The lowest BCUT2D eigenvalue weighted by molar-refractivity contribution is -0.136. The zero-order chi connectivity index (χ0) is 45.9. The fraction of sp³-hybridized carbons (Fsp3) is 0.763. The Hall–Kier alpha value is -4.77. The maximum absolute atomic E-state index is 13.5. The van der Waals surface area contributed by atoms with E-state index in [1.807, 2.05) is 13.8 Å². The average Bonchev–Trinajstić information content (AvgIpc) is 3.16. The second-order valence-electron chi connectivity index (χ2n) is 15.4. The Bertz CT molecular complexity index is 1410. The van der Waals surface area contributed by atoms with E-state index < -0.39 is 96.0 Å². The minimum absolute atomic E-state index is 0.0595. The lowest BCUT2D eigenvalue weighted by atomic mass is 10.0. The van der Waals surface area contributed by atoms with E-state index in [2.05, 4.69) is 47.9 Å². The van der Waals surface area contributed by atoms with E-state index in [0.29, 0.717) is 58.7 Å². The highest BCUT2D eigenvalue weighted by atomic mass is 16.2. The van der Waals surface area contributed by atoms with E-state index in [1.165, 1.54) is 34.6 Å². The molecule has 0 spiro atoms. The SMILES string of the molecule is CC(=O)[C@H](C)NC(=O)[C@H](CCCCN)NC(=O)[C@H](CC(C)C)NC(=O)[C@H](C)NC(=O)[C@H](C)NC(=O)[C@H](CC(N)=O)NC(=O)[C@H](C)NC(=O)CC(CNCCN)CNCCN. The van der Waals surface area contributed by atoms with Crippen LogP contribution in [0.15, 0.2) is 0 Å². The van der Waals surface area contributed by atoms with Gasteiger partial charge in [-0.15, -0.1) is 0 Å². The smallest absolute Gasteiger partial charge is 0.243 e. The number of ketones is 1. The third kappa shape index (κ3) is 23.7. The van der Waals surface area contributed by atoms with Gasteiger partial charge in [0.25, 0.3) is 0 Å². The summed E-state index contributed by atoms with van der Waals surface area (Å²) in [7, 11) is 0. The summed E-state index contributed by atoms with van der Waals surface area (Å²) in [5.74, 6) is -6.35. The molecule has 0 heterocycles. The fourth-order valence-corrected chi connectivity index (χ4v) is 5.60. The third-order valence-corrected chi connectivity index (χ3v) is 9.18. The molecule has 0 radical (unpaired) electrons. The second-order valence-corrected chi connectivity index (χ2v) is 15.4. The van der Waals surface area contributed by atoms with Crippen LogP contribution in [0.25, 0.3) is 0 Å². The zero-order valence-electron chi connectivity index (χ0n) is 36.4. The summed E-state index contributed by atoms with van der Waals surface area (Å²) in [5, 5.41) is 24.0. The molecule has 22 nitrogen and oxygen atoms in total. The van der Waals surface area contributed by atoms with Crippen molar-refractivity contribution >= 4 is 53.0 Å². The van der Waals surface area contributed by atoms with Crippen LogP contribution >= 0.6 is 0 Å². The monoisotopic (exact) mass is 856 g/mol. The van der Waals surface area contributed by atoms with Crippen molar-refractivity contribution in [3.8, 4) is 0 Å². The lowest BCUT2D eigenvalue weighted by Crippen LogP contribution is -2.59. The first-order valence-electron chi connectivity index (χ1n) is 20.6. The van der Waals surface area contributed by atoms with Gasteiger partial charge in [-0.3, -0.25) is 43.2 Å². The van der Waals surface area contributed by atoms with E-state index in [0.717, 1.165) is 0 Å². The summed E-state index contributed by atoms with van der Waals surface area (Å²) in [5.41, 5.74) is 22.0. The molecule has 60 heavy (non-hydrogen) atoms. The fourth-order valence-electron chi connectivity index (χ4n) is 5.60. The zero-order valence-corrected chi connectivity index (χ0v) is 36.4. The van der Waals surface area contributed by atoms with Gasteiger partial charge in [0.1, 0.15) is 36.3 Å². The van der Waals surface area contributed by atoms with Crippen molar-refractivity contribution in [1.29, 1.82) is 0 Å². The van der Waals surface area contributed by atoms with Crippen LogP contribution in [-0.2, 0) is 43.2 Å². The van der Waals surface area contributed by atoms with Gasteiger partial charge >= 0.3 is 0 Å². The summed E-state index contributed by atoms with van der Waals surface area (Å²) in [4.78, 5) is 116. The maximum atomic E-state index is 13.5. The average molecular weight is 856 g/mol. The molecule has 0 aliphatic carbocycles. The summed E-state index contributed by atoms with van der Waals surface area (Å²) in [6.07, 6.45) is 0.955. The summed E-state index contributed by atoms with van der Waals surface area (Å²) in [6.45, 7) is 13.9. The van der Waals surface area contributed by atoms with Gasteiger partial charge in [0.2, 0.25) is 47.3 Å². The molecule has 0 aliphatic heterocycles. The number of rotatable bonds is 32. The topological polar surface area (TPSA) is 366 Å². The first kappa shape index (κ1) is 55.2. The van der Waals surface area contributed by atoms with E-state index in [9.17, 15) is 43.2 Å². The third-order valence-electron chi connectivity index (χ3n) is 9.18. The van der Waals surface area contributed by atoms with Crippen molar-refractivity contribution in [2.45, 2.75) is 129 Å². The van der Waals surface area contributed by atoms with Gasteiger partial charge in [-0.1, -0.05) is 13.8 Å². The molecule has 0 saturated heterocycles. The summed E-state index contributed by atoms with van der Waals surface area (Å²) < 4.78 is 0. The largest absolute Gasteiger partial charge is 0.370 e. The molecule has 0 aromatic rings. The molecule has 0 saturated carbocycles. The van der Waals surface area contributed by atoms with Crippen LogP contribution in [0.3, 0.4) is 0 Å². The van der Waals surface area contributed by atoms with E-state index in [1.54, 1.807) is 0 Å². The molecular formula is C38H73N13O9. The normalized spacial score (nSPS) is 14.7. The number of amides is 8. The van der Waals surface area contributed by atoms with Gasteiger partial charge < -0.3 is 70.8 Å². The minimum Gasteiger partial charge on any atom is -0.370 e. The van der Waals surface area contributed by atoms with Crippen molar-refractivity contribution in [3.05, 3.63) is 0 Å². The molecule has 344 valence electrons. The van der Waals surface area contributed by atoms with Crippen LogP contribution in [-0.4, -0.2) is 141 Å². The Morgan fingerprint density at radius 1 is 0.483 bits per heavy atom. The number of nitrogens with two attached hydrogens (primary N) is 4. The van der Waals surface area contributed by atoms with Crippen LogP contribution in [0.5, 0.6) is 0 Å². The Morgan fingerprint density at radius 3 is 1.40 bits per heavy atom. The van der Waals surface area contributed by atoms with Crippen molar-refractivity contribution in [3.63, 3.8) is 0 Å². The predicted octanol–water partition coefficient (Wildman–Crippen LogP) is -4.80. The Kier molecular flexibility index (Phi) is 27.9. The van der Waals surface area contributed by atoms with Gasteiger partial charge in [0.15, 0.2) is 5.78 Å². The summed E-state index contributed by atoms with van der Waals surface area (Å²) in [6, 6.07) is -8.02. The number of primary amides is 1. The number of unbranched alkanes of at least 4 members (excludes halogenated alkanes) is 1. The van der Waals surface area contributed by atoms with Gasteiger partial charge in [0, 0.05) is 32.6 Å². The predicted molar refractivity (Wildman–Crippen MR) is 225 cm³/mol. The van der Waals surface area contributed by atoms with Crippen LogP contribution in [0, 0.1) is 11.8 Å². The van der Waals surface area contributed by atoms with Gasteiger partial charge in [-0.05, 0) is 91.8 Å². The highest BCUT2D eigenvalue weighted by molar-refractivity contribution is 5.98. The Balaban J connectivity index is 5.58. The molecule has 0 bridgehead atoms. The quantitative estimate of drug-likeness (QED) is 0.0283. The number of hydrogen-bond acceptors (Lipinski definition) is 14. The molecule has 0 fully saturated rings. The minimum atomic E-state index is -1.51. The number of carbonyl (C=O) groups excluding carboxylic acids is 9. The highest BCUT2D eigenvalue weighted by Crippen LogP contribution is 2.09. The van der Waals surface area contributed by atoms with E-state index in [-0.39, 0.29) is 36.9 Å². The first-order valence-corrected chi connectivity index (χ1v) is 20.6. The van der Waals surface area contributed by atoms with Crippen LogP contribution in [0.4, 0.5) is 0 Å². The second kappa shape index (κ2) is 30.3. The van der Waals surface area contributed by atoms with E-state index in [4.69, 9.17) is 22.9 Å². The summed E-state index contributed by atoms with van der Waals surface area (Å²) >= 11 is 0. The maximum Gasteiger partial charge on any atom is 0.243 e. The van der Waals surface area contributed by atoms with Crippen LogP contribution < -0.4 is 70.8 Å². The van der Waals surface area contributed by atoms with Crippen molar-refractivity contribution in [1.82, 2.24) is 47.9 Å². The molecule has 0 aliphatic rings. The molecule has 22 heteroatoms. The number of Topliss-reactive ketones (excluding diaryl/α,β-unsaturated/α-hetero) is 1. The van der Waals surface area contributed by atoms with E-state index >= 15 is 0 Å². The molecule has 8 amide bonds. The van der Waals surface area contributed by atoms with Crippen molar-refractivity contribution in [2.75, 3.05) is 45.8 Å². The van der Waals surface area contributed by atoms with Gasteiger partial charge in [-0.2, -0.15) is 0 Å². The van der Waals surface area contributed by atoms with Crippen molar-refractivity contribution in [2.24, 2.45) is 34.8 Å². The highest BCUT2D eigenvalue weighted by Gasteiger charge is 2.32. The molecule has 0 unspecified atom stereocenters. The molecule has 0 aromatic heterocycles. The number of hydrogen-bond donors (Lipinski definition) is 13. The molecule has 0 aromatic carbocycles. The molecular weight excluding hydrogens is 782 g/mol. The number of carbonyl (C=O) groups is 9. The van der Waals surface area contributed by atoms with Gasteiger partial charge in [0.05, 0.1) is 12.5 Å². The molecule has 0 rings (SSSR count). The van der Waals surface area contributed by atoms with Crippen molar-refractivity contribution < 1.29 is 43.2 Å².